The van der Waals surface area contributed by atoms with Crippen LogP contribution < -0.4 is 31.1 Å². The van der Waals surface area contributed by atoms with Crippen molar-refractivity contribution >= 4 is 73.7 Å². The van der Waals surface area contributed by atoms with Crippen molar-refractivity contribution in [3.63, 3.8) is 0 Å². The van der Waals surface area contributed by atoms with Crippen LogP contribution in [0.1, 0.15) is 194 Å². The van der Waals surface area contributed by atoms with Crippen LogP contribution in [0.15, 0.2) is 152 Å². The molecule has 0 amide bonds. The first kappa shape index (κ1) is 52.6. The van der Waals surface area contributed by atoms with Crippen LogP contribution in [0.4, 0.5) is 39.8 Å². The Kier molecular flexibility index (Phi) is 11.2. The highest BCUT2D eigenvalue weighted by molar-refractivity contribution is 7.00. The van der Waals surface area contributed by atoms with E-state index in [-0.39, 0.29) is 50.3 Å². The Hall–Kier alpha value is -6.52. The zero-order valence-corrected chi connectivity index (χ0v) is 51.5. The molecule has 0 N–H and O–H groups in total. The normalized spacial score (nSPS) is 23.7. The van der Waals surface area contributed by atoms with Gasteiger partial charge in [0.05, 0.1) is 16.8 Å². The second-order valence-electron chi connectivity index (χ2n) is 30.7. The Bertz CT molecular complexity index is 3910. The Labute approximate surface area is 486 Å². The Morgan fingerprint density at radius 3 is 1.65 bits per heavy atom. The van der Waals surface area contributed by atoms with Crippen LogP contribution in [-0.4, -0.2) is 17.8 Å². The van der Waals surface area contributed by atoms with Crippen molar-refractivity contribution in [2.24, 2.45) is 0 Å². The van der Waals surface area contributed by atoms with E-state index in [0.717, 1.165) is 19.3 Å². The molecule has 4 heteroatoms. The van der Waals surface area contributed by atoms with Gasteiger partial charge in [0.25, 0.3) is 6.71 Å². The number of benzene rings is 8. The number of hydrogen-bond acceptors (Lipinski definition) is 3. The number of rotatable bonds is 4. The second-order valence-corrected chi connectivity index (χ2v) is 30.7. The first-order chi connectivity index (χ1) is 38.3. The van der Waals surface area contributed by atoms with E-state index in [4.69, 9.17) is 0 Å². The average Bonchev–Trinajstić information content (AvgIpc) is 3.88. The van der Waals surface area contributed by atoms with E-state index in [1.54, 1.807) is 5.56 Å². The summed E-state index contributed by atoms with van der Waals surface area (Å²) in [6.07, 6.45) is 9.44. The molecule has 4 heterocycles. The number of hydrogen-bond donors (Lipinski definition) is 0. The van der Waals surface area contributed by atoms with E-state index >= 15 is 0 Å². The maximum absolute atomic E-state index is 2.99. The minimum atomic E-state index is -0.261. The second kappa shape index (κ2) is 17.3. The van der Waals surface area contributed by atoms with Crippen LogP contribution in [0, 0.1) is 0 Å². The van der Waals surface area contributed by atoms with Gasteiger partial charge in [-0.25, -0.2) is 0 Å². The number of anilines is 7. The fraction of sp³-hybridized carbons (Fsp3) is 0.403. The first-order valence-electron chi connectivity index (χ1n) is 31.0. The first-order valence-corrected chi connectivity index (χ1v) is 31.0. The quantitative estimate of drug-likeness (QED) is 0.163. The highest BCUT2D eigenvalue weighted by atomic mass is 15.3. The van der Waals surface area contributed by atoms with Crippen molar-refractivity contribution in [1.82, 2.24) is 0 Å². The van der Waals surface area contributed by atoms with E-state index in [0.29, 0.717) is 0 Å². The van der Waals surface area contributed by atoms with Crippen molar-refractivity contribution in [1.29, 1.82) is 0 Å². The van der Waals surface area contributed by atoms with Crippen LogP contribution in [0.3, 0.4) is 0 Å². The van der Waals surface area contributed by atoms with Crippen molar-refractivity contribution < 1.29 is 0 Å². The maximum Gasteiger partial charge on any atom is 0.252 e. The SMILES string of the molecule is CC(C)(C)c1ccc2c(c1)B1c3cc(C(C)(C)C)cc4c3N(c3cc(N5c6ccc(C(C)(C)C)cc6C6(c7ccccc7)CCCCC56C)cc(c31)N2c1ccc(C(C)(C)C)cc1-c1ccc2ccccc2c1)C1(C)CCCCC41C. The molecular formula is C77H86BN3. The van der Waals surface area contributed by atoms with E-state index in [2.05, 4.69) is 270 Å². The van der Waals surface area contributed by atoms with E-state index in [1.165, 1.54) is 144 Å². The third-order valence-electron chi connectivity index (χ3n) is 21.9. The molecule has 2 saturated carbocycles. The van der Waals surface area contributed by atoms with Gasteiger partial charge in [0, 0.05) is 50.5 Å². The summed E-state index contributed by atoms with van der Waals surface area (Å²) in [7, 11) is 0. The van der Waals surface area contributed by atoms with Gasteiger partial charge in [0.2, 0.25) is 0 Å². The maximum atomic E-state index is 2.99. The van der Waals surface area contributed by atoms with E-state index in [1.807, 2.05) is 0 Å². The zero-order chi connectivity index (χ0) is 56.8. The lowest BCUT2D eigenvalue weighted by molar-refractivity contribution is 0.195. The highest BCUT2D eigenvalue weighted by Crippen LogP contribution is 2.67. The fourth-order valence-electron chi connectivity index (χ4n) is 17.0. The average molecular weight is 1060 g/mol. The summed E-state index contributed by atoms with van der Waals surface area (Å²) >= 11 is 0. The third kappa shape index (κ3) is 7.32. The molecule has 0 radical (unpaired) electrons. The van der Waals surface area contributed by atoms with Crippen molar-refractivity contribution in [2.45, 2.75) is 199 Å². The van der Waals surface area contributed by atoms with Gasteiger partial charge < -0.3 is 14.7 Å². The van der Waals surface area contributed by atoms with Crippen LogP contribution in [0.5, 0.6) is 0 Å². The lowest BCUT2D eigenvalue weighted by atomic mass is 9.33. The van der Waals surface area contributed by atoms with Crippen LogP contribution in [-0.2, 0) is 32.5 Å². The Balaban J connectivity index is 1.14. The smallest absolute Gasteiger partial charge is 0.252 e. The molecular weight excluding hydrogens is 978 g/mol. The van der Waals surface area contributed by atoms with Crippen molar-refractivity contribution in [3.05, 3.63) is 191 Å². The molecule has 0 spiro atoms. The lowest BCUT2D eigenvalue weighted by Crippen LogP contribution is -2.65. The molecule has 8 aromatic carbocycles. The van der Waals surface area contributed by atoms with Crippen LogP contribution in [0.2, 0.25) is 0 Å². The molecule has 412 valence electrons. The summed E-state index contributed by atoms with van der Waals surface area (Å²) in [6, 6.07) is 61.4. The van der Waals surface area contributed by atoms with E-state index < -0.39 is 0 Å². The molecule has 0 aromatic heterocycles. The number of nitrogens with zero attached hydrogens (tertiary/aromatic N) is 3. The van der Waals surface area contributed by atoms with Crippen LogP contribution in [0.25, 0.3) is 21.9 Å². The molecule has 14 rings (SSSR count). The molecule has 3 nitrogen and oxygen atoms in total. The summed E-state index contributed by atoms with van der Waals surface area (Å²) in [4.78, 5) is 8.66. The standard InChI is InChI=1S/C77H86BN3/c1-70(2,3)53-31-34-63(58(42-53)51-30-29-49-25-19-20-26-50(49)41-51)79-65-36-33-55(72(7,8)9)45-61(65)78-62-46-56(73(10,11)12)44-60-69(62)81(75(14)38-22-21-37-74(60,75)13)67-48-57(47-66(79)68(67)78)80-64-35-32-54(71(4,5)6)43-59(64)77(52-27-17-16-18-28-52)40-24-23-39-76(77,80)15/h16-20,25-36,41-48H,21-24,37-40H2,1-15H3. The molecule has 2 aliphatic carbocycles. The van der Waals surface area contributed by atoms with Crippen molar-refractivity contribution in [3.8, 4) is 11.1 Å². The summed E-state index contributed by atoms with van der Waals surface area (Å²) < 4.78 is 0. The highest BCUT2D eigenvalue weighted by Gasteiger charge is 2.64. The van der Waals surface area contributed by atoms with Gasteiger partial charge in [-0.15, -0.1) is 0 Å². The van der Waals surface area contributed by atoms with Gasteiger partial charge >= 0.3 is 0 Å². The van der Waals surface area contributed by atoms with Gasteiger partial charge in [-0.1, -0.05) is 225 Å². The van der Waals surface area contributed by atoms with Crippen molar-refractivity contribution in [2.75, 3.05) is 14.7 Å². The summed E-state index contributed by atoms with van der Waals surface area (Å²) in [6.45, 7) is 36.8. The molecule has 0 bridgehead atoms. The van der Waals surface area contributed by atoms with E-state index in [9.17, 15) is 0 Å². The molecule has 81 heavy (non-hydrogen) atoms. The Morgan fingerprint density at radius 1 is 0.407 bits per heavy atom. The molecule has 4 unspecified atom stereocenters. The lowest BCUT2D eigenvalue weighted by Gasteiger charge is -2.54. The zero-order valence-electron chi connectivity index (χ0n) is 51.5. The monoisotopic (exact) mass is 1060 g/mol. The fourth-order valence-corrected chi connectivity index (χ4v) is 17.0. The molecule has 8 aromatic rings. The summed E-state index contributed by atoms with van der Waals surface area (Å²) in [5.74, 6) is 0. The van der Waals surface area contributed by atoms with Gasteiger partial charge in [0.1, 0.15) is 0 Å². The van der Waals surface area contributed by atoms with Gasteiger partial charge in [-0.3, -0.25) is 0 Å². The molecule has 4 atom stereocenters. The topological polar surface area (TPSA) is 9.72 Å². The van der Waals surface area contributed by atoms with Gasteiger partial charge in [0.15, 0.2) is 0 Å². The summed E-state index contributed by atoms with van der Waals surface area (Å²) in [5.41, 5.74) is 25.5. The predicted molar refractivity (Wildman–Crippen MR) is 349 cm³/mol. The minimum Gasteiger partial charge on any atom is -0.335 e. The molecule has 0 saturated heterocycles. The number of fused-ring (bicyclic) bond motifs is 11. The molecule has 2 fully saturated rings. The summed E-state index contributed by atoms with van der Waals surface area (Å²) in [5, 5.41) is 2.53. The molecule has 6 aliphatic rings. The van der Waals surface area contributed by atoms with Gasteiger partial charge in [-0.05, 0) is 175 Å². The predicted octanol–water partition coefficient (Wildman–Crippen LogP) is 18.8. The van der Waals surface area contributed by atoms with Gasteiger partial charge in [-0.2, -0.15) is 0 Å². The molecule has 4 aliphatic heterocycles. The third-order valence-corrected chi connectivity index (χ3v) is 21.9. The minimum absolute atomic E-state index is 0.00175. The van der Waals surface area contributed by atoms with Crippen LogP contribution >= 0.6 is 0 Å². The Morgan fingerprint density at radius 2 is 0.963 bits per heavy atom. The largest absolute Gasteiger partial charge is 0.335 e.